The van der Waals surface area contributed by atoms with Gasteiger partial charge in [-0.05, 0) is 42.3 Å². The fourth-order valence-electron chi connectivity index (χ4n) is 3.89. The Hall–Kier alpha value is -3.62. The van der Waals surface area contributed by atoms with E-state index in [2.05, 4.69) is 33.5 Å². The van der Waals surface area contributed by atoms with E-state index in [1.165, 1.54) is 6.21 Å². The number of fused-ring (bicyclic) bond motifs is 1. The topological polar surface area (TPSA) is 104 Å². The Balaban J connectivity index is 1.45. The van der Waals surface area contributed by atoms with E-state index in [1.807, 2.05) is 31.2 Å². The van der Waals surface area contributed by atoms with Crippen molar-refractivity contribution < 1.29 is 19.4 Å². The van der Waals surface area contributed by atoms with Crippen LogP contribution < -0.4 is 25.8 Å². The van der Waals surface area contributed by atoms with Crippen LogP contribution in [0.25, 0.3) is 10.8 Å². The number of hydrazone groups is 1. The summed E-state index contributed by atoms with van der Waals surface area (Å²) in [6, 6.07) is 16.6. The highest BCUT2D eigenvalue weighted by Crippen LogP contribution is 2.36. The quantitative estimate of drug-likeness (QED) is 0.337. The molecule has 0 radical (unpaired) electrons. The van der Waals surface area contributed by atoms with Gasteiger partial charge >= 0.3 is 0 Å². The summed E-state index contributed by atoms with van der Waals surface area (Å²) in [5.74, 6) is 0.843. The number of methoxy groups -OCH3 is 1. The molecule has 4 N–H and O–H groups in total. The highest BCUT2D eigenvalue weighted by Gasteiger charge is 2.32. The van der Waals surface area contributed by atoms with Crippen molar-refractivity contribution in [1.82, 2.24) is 16.3 Å². The van der Waals surface area contributed by atoms with Crippen molar-refractivity contribution in [2.24, 2.45) is 5.10 Å². The molecule has 1 heterocycles. The minimum atomic E-state index is -0.482. The number of carbonyl (C=O) groups excluding carboxylic acids is 1. The lowest BCUT2D eigenvalue weighted by Crippen LogP contribution is -2.41. The van der Waals surface area contributed by atoms with Crippen LogP contribution in [-0.2, 0) is 4.79 Å². The van der Waals surface area contributed by atoms with Gasteiger partial charge < -0.3 is 14.6 Å². The number of ether oxygens (including phenoxy) is 2. The van der Waals surface area contributed by atoms with Crippen LogP contribution >= 0.6 is 0 Å². The molecule has 1 aliphatic rings. The normalized spacial score (nSPS) is 18.2. The molecule has 0 bridgehead atoms. The average Bonchev–Trinajstić information content (AvgIpc) is 3.30. The molecule has 8 heteroatoms. The van der Waals surface area contributed by atoms with Gasteiger partial charge in [0.1, 0.15) is 11.8 Å². The summed E-state index contributed by atoms with van der Waals surface area (Å²) in [7, 11) is 1.64. The van der Waals surface area contributed by atoms with Gasteiger partial charge in [-0.15, -0.1) is 0 Å². The molecule has 3 aromatic carbocycles. The molecule has 4 rings (SSSR count). The predicted octanol–water partition coefficient (Wildman–Crippen LogP) is 3.01. The highest BCUT2D eigenvalue weighted by molar-refractivity contribution is 5.89. The molecule has 0 aromatic heterocycles. The molecular weight excluding hydrogens is 408 g/mol. The Morgan fingerprint density at radius 1 is 1.16 bits per heavy atom. The molecule has 0 saturated carbocycles. The number of hydrogen-bond donors (Lipinski definition) is 4. The Kier molecular flexibility index (Phi) is 6.53. The van der Waals surface area contributed by atoms with E-state index < -0.39 is 6.04 Å². The molecule has 166 valence electrons. The van der Waals surface area contributed by atoms with Crippen LogP contribution in [0.1, 0.15) is 30.5 Å². The van der Waals surface area contributed by atoms with Gasteiger partial charge in [-0.2, -0.15) is 5.10 Å². The third-order valence-corrected chi connectivity index (χ3v) is 5.43. The minimum absolute atomic E-state index is 0.0175. The van der Waals surface area contributed by atoms with Crippen molar-refractivity contribution in [3.05, 3.63) is 65.7 Å². The number of rotatable bonds is 7. The lowest BCUT2D eigenvalue weighted by molar-refractivity contribution is -0.122. The Morgan fingerprint density at radius 2 is 2.00 bits per heavy atom. The Bertz CT molecular complexity index is 1150. The van der Waals surface area contributed by atoms with Crippen molar-refractivity contribution in [2.45, 2.75) is 25.4 Å². The number of carbonyl (C=O) groups is 1. The van der Waals surface area contributed by atoms with Crippen molar-refractivity contribution in [1.29, 1.82) is 0 Å². The summed E-state index contributed by atoms with van der Waals surface area (Å²) in [5, 5.41) is 16.4. The van der Waals surface area contributed by atoms with Crippen molar-refractivity contribution in [3.63, 3.8) is 0 Å². The summed E-state index contributed by atoms with van der Waals surface area (Å²) >= 11 is 0. The molecule has 2 unspecified atom stereocenters. The SMILES string of the molecule is CCOc1cccc(/C=N/NC(=O)C2CC(c3c(OC)ccc4ccccc34)NN2)c1O. The van der Waals surface area contributed by atoms with Gasteiger partial charge in [-0.25, -0.2) is 16.3 Å². The number of phenolic OH excluding ortho intramolecular Hbond substituents is 1. The molecule has 1 aliphatic heterocycles. The summed E-state index contributed by atoms with van der Waals surface area (Å²) in [6.07, 6.45) is 1.92. The first-order valence-corrected chi connectivity index (χ1v) is 10.5. The van der Waals surface area contributed by atoms with E-state index in [1.54, 1.807) is 25.3 Å². The van der Waals surface area contributed by atoms with Gasteiger partial charge in [0.2, 0.25) is 0 Å². The molecule has 1 amide bonds. The number of amides is 1. The van der Waals surface area contributed by atoms with Gasteiger partial charge in [0.15, 0.2) is 11.5 Å². The second-order valence-corrected chi connectivity index (χ2v) is 7.39. The lowest BCUT2D eigenvalue weighted by atomic mass is 9.95. The van der Waals surface area contributed by atoms with Crippen LogP contribution in [-0.4, -0.2) is 37.0 Å². The van der Waals surface area contributed by atoms with Crippen LogP contribution in [0.5, 0.6) is 17.2 Å². The van der Waals surface area contributed by atoms with Crippen LogP contribution in [0.2, 0.25) is 0 Å². The molecule has 32 heavy (non-hydrogen) atoms. The number of aromatic hydroxyl groups is 1. The number of para-hydroxylation sites is 1. The second kappa shape index (κ2) is 9.67. The predicted molar refractivity (Wildman–Crippen MR) is 123 cm³/mol. The zero-order chi connectivity index (χ0) is 22.5. The second-order valence-electron chi connectivity index (χ2n) is 7.39. The number of hydrazine groups is 1. The van der Waals surface area contributed by atoms with Crippen molar-refractivity contribution in [3.8, 4) is 17.2 Å². The molecule has 3 aromatic rings. The third kappa shape index (κ3) is 4.37. The van der Waals surface area contributed by atoms with Crippen LogP contribution in [0.15, 0.2) is 59.7 Å². The molecule has 1 fully saturated rings. The lowest BCUT2D eigenvalue weighted by Gasteiger charge is -2.17. The van der Waals surface area contributed by atoms with Crippen LogP contribution in [0.4, 0.5) is 0 Å². The monoisotopic (exact) mass is 434 g/mol. The number of phenols is 1. The Labute approximate surface area is 186 Å². The maximum Gasteiger partial charge on any atom is 0.258 e. The summed E-state index contributed by atoms with van der Waals surface area (Å²) in [6.45, 7) is 2.28. The smallest absolute Gasteiger partial charge is 0.258 e. The molecule has 0 aliphatic carbocycles. The fraction of sp³-hybridized carbons (Fsp3) is 0.250. The number of nitrogens with one attached hydrogen (secondary N) is 3. The van der Waals surface area contributed by atoms with E-state index >= 15 is 0 Å². The van der Waals surface area contributed by atoms with Crippen LogP contribution in [0.3, 0.4) is 0 Å². The zero-order valence-corrected chi connectivity index (χ0v) is 18.0. The summed E-state index contributed by atoms with van der Waals surface area (Å²) in [4.78, 5) is 12.6. The average molecular weight is 434 g/mol. The first kappa shape index (κ1) is 21.6. The minimum Gasteiger partial charge on any atom is -0.504 e. The first-order valence-electron chi connectivity index (χ1n) is 10.5. The van der Waals surface area contributed by atoms with Crippen molar-refractivity contribution >= 4 is 22.9 Å². The Morgan fingerprint density at radius 3 is 2.81 bits per heavy atom. The van der Waals surface area contributed by atoms with Crippen molar-refractivity contribution in [2.75, 3.05) is 13.7 Å². The largest absolute Gasteiger partial charge is 0.504 e. The van der Waals surface area contributed by atoms with Gasteiger partial charge in [0.25, 0.3) is 5.91 Å². The van der Waals surface area contributed by atoms with Gasteiger partial charge in [0.05, 0.1) is 26.0 Å². The van der Waals surface area contributed by atoms with Gasteiger partial charge in [-0.1, -0.05) is 36.4 Å². The number of nitrogens with zero attached hydrogens (tertiary/aromatic N) is 1. The van der Waals surface area contributed by atoms with Gasteiger partial charge in [-0.3, -0.25) is 4.79 Å². The number of hydrogen-bond acceptors (Lipinski definition) is 7. The van der Waals surface area contributed by atoms with E-state index in [9.17, 15) is 9.90 Å². The third-order valence-electron chi connectivity index (χ3n) is 5.43. The van der Waals surface area contributed by atoms with E-state index in [-0.39, 0.29) is 17.7 Å². The first-order chi connectivity index (χ1) is 15.6. The summed E-state index contributed by atoms with van der Waals surface area (Å²) in [5.41, 5.74) is 10.3. The molecule has 8 nitrogen and oxygen atoms in total. The molecule has 2 atom stereocenters. The van der Waals surface area contributed by atoms with Gasteiger partial charge in [0, 0.05) is 11.1 Å². The maximum atomic E-state index is 12.6. The fourth-order valence-corrected chi connectivity index (χ4v) is 3.89. The molecule has 0 spiro atoms. The van der Waals surface area contributed by atoms with E-state index in [0.29, 0.717) is 24.3 Å². The molecule has 1 saturated heterocycles. The maximum absolute atomic E-state index is 12.6. The number of benzene rings is 3. The van der Waals surface area contributed by atoms with E-state index in [4.69, 9.17) is 9.47 Å². The highest BCUT2D eigenvalue weighted by atomic mass is 16.5. The van der Waals surface area contributed by atoms with E-state index in [0.717, 1.165) is 22.1 Å². The molecular formula is C24H26N4O4. The van der Waals surface area contributed by atoms with Crippen LogP contribution in [0, 0.1) is 0 Å². The zero-order valence-electron chi connectivity index (χ0n) is 18.0. The standard InChI is InChI=1S/C24H26N4O4/c1-3-32-21-10-6-8-16(23(21)29)14-25-28-24(30)19-13-18(26-27-19)22-17-9-5-4-7-15(17)11-12-20(22)31-2/h4-12,14,18-19,26-27,29H,3,13H2,1-2H3,(H,28,30)/b25-14+. The summed E-state index contributed by atoms with van der Waals surface area (Å²) < 4.78 is 10.9.